The van der Waals surface area contributed by atoms with Crippen molar-refractivity contribution in [3.63, 3.8) is 0 Å². The highest BCUT2D eigenvalue weighted by atomic mass is 19.4. The Morgan fingerprint density at radius 2 is 2.00 bits per heavy atom. The number of rotatable bonds is 3. The lowest BCUT2D eigenvalue weighted by Crippen LogP contribution is -2.35. The van der Waals surface area contributed by atoms with Crippen molar-refractivity contribution in [3.05, 3.63) is 29.8 Å². The lowest BCUT2D eigenvalue weighted by Gasteiger charge is -2.20. The van der Waals surface area contributed by atoms with Crippen molar-refractivity contribution in [1.29, 1.82) is 0 Å². The highest BCUT2D eigenvalue weighted by Gasteiger charge is 2.47. The summed E-state index contributed by atoms with van der Waals surface area (Å²) in [4.78, 5) is 14.3. The van der Waals surface area contributed by atoms with E-state index in [1.165, 1.54) is 12.1 Å². The van der Waals surface area contributed by atoms with E-state index in [1.54, 1.807) is 12.1 Å². The summed E-state index contributed by atoms with van der Waals surface area (Å²) in [6.07, 6.45) is -3.24. The molecule has 2 aliphatic rings. The maximum Gasteiger partial charge on any atom is 0.573 e. The molecule has 1 aliphatic carbocycles. The maximum absolute atomic E-state index is 12.5. The zero-order valence-electron chi connectivity index (χ0n) is 12.6. The van der Waals surface area contributed by atoms with Crippen LogP contribution >= 0.6 is 0 Å². The number of carbonyl (C=O) groups is 1. The summed E-state index contributed by atoms with van der Waals surface area (Å²) in [5.74, 6) is -0.568. The van der Waals surface area contributed by atoms with Gasteiger partial charge in [0.2, 0.25) is 5.91 Å². The van der Waals surface area contributed by atoms with Crippen LogP contribution < -0.4 is 10.1 Å². The number of ether oxygens (including phenoxy) is 1. The molecule has 1 amide bonds. The molecule has 0 radical (unpaired) electrons. The van der Waals surface area contributed by atoms with E-state index in [0.717, 1.165) is 19.5 Å². The molecule has 3 rings (SSSR count). The van der Waals surface area contributed by atoms with E-state index in [4.69, 9.17) is 0 Å². The SMILES string of the molecule is O=C(C1CC1c1ccccc1OC(F)(F)F)N1CCCNCC1. The molecule has 1 N–H and O–H groups in total. The molecule has 0 spiro atoms. The van der Waals surface area contributed by atoms with Crippen LogP contribution in [0.3, 0.4) is 0 Å². The first-order valence-electron chi connectivity index (χ1n) is 7.80. The van der Waals surface area contributed by atoms with Crippen molar-refractivity contribution in [1.82, 2.24) is 10.2 Å². The fraction of sp³-hybridized carbons (Fsp3) is 0.562. The molecule has 1 saturated heterocycles. The third-order valence-corrected chi connectivity index (χ3v) is 4.30. The van der Waals surface area contributed by atoms with Crippen LogP contribution in [0.2, 0.25) is 0 Å². The second-order valence-corrected chi connectivity index (χ2v) is 5.96. The van der Waals surface area contributed by atoms with Gasteiger partial charge in [-0.25, -0.2) is 0 Å². The minimum atomic E-state index is -4.72. The summed E-state index contributed by atoms with van der Waals surface area (Å²) < 4.78 is 41.6. The Labute approximate surface area is 132 Å². The number of amides is 1. The average molecular weight is 328 g/mol. The molecule has 1 aliphatic heterocycles. The molecule has 7 heteroatoms. The van der Waals surface area contributed by atoms with Crippen molar-refractivity contribution in [2.24, 2.45) is 5.92 Å². The number of nitrogens with zero attached hydrogens (tertiary/aromatic N) is 1. The minimum Gasteiger partial charge on any atom is -0.405 e. The van der Waals surface area contributed by atoms with E-state index in [0.29, 0.717) is 25.1 Å². The zero-order valence-corrected chi connectivity index (χ0v) is 12.6. The topological polar surface area (TPSA) is 41.6 Å². The number of hydrogen-bond donors (Lipinski definition) is 1. The molecule has 4 nitrogen and oxygen atoms in total. The molecule has 23 heavy (non-hydrogen) atoms. The monoisotopic (exact) mass is 328 g/mol. The molecular formula is C16H19F3N2O2. The van der Waals surface area contributed by atoms with Crippen LogP contribution in [0.15, 0.2) is 24.3 Å². The van der Waals surface area contributed by atoms with Gasteiger partial charge in [-0.1, -0.05) is 18.2 Å². The van der Waals surface area contributed by atoms with Crippen molar-refractivity contribution in [2.75, 3.05) is 26.2 Å². The van der Waals surface area contributed by atoms with Gasteiger partial charge in [-0.15, -0.1) is 13.2 Å². The van der Waals surface area contributed by atoms with Gasteiger partial charge in [0.05, 0.1) is 0 Å². The van der Waals surface area contributed by atoms with E-state index < -0.39 is 6.36 Å². The van der Waals surface area contributed by atoms with Gasteiger partial charge < -0.3 is 15.0 Å². The lowest BCUT2D eigenvalue weighted by molar-refractivity contribution is -0.274. The first-order valence-corrected chi connectivity index (χ1v) is 7.80. The van der Waals surface area contributed by atoms with Crippen molar-refractivity contribution in [3.8, 4) is 5.75 Å². The molecule has 2 unspecified atom stereocenters. The molecule has 0 aromatic heterocycles. The van der Waals surface area contributed by atoms with E-state index in [-0.39, 0.29) is 23.5 Å². The fourth-order valence-corrected chi connectivity index (χ4v) is 3.12. The van der Waals surface area contributed by atoms with Gasteiger partial charge >= 0.3 is 6.36 Å². The fourth-order valence-electron chi connectivity index (χ4n) is 3.12. The smallest absolute Gasteiger partial charge is 0.405 e. The van der Waals surface area contributed by atoms with Crippen LogP contribution in [-0.2, 0) is 4.79 Å². The standard InChI is InChI=1S/C16H19F3N2O2/c17-16(18,19)23-14-5-2-1-4-11(14)12-10-13(12)15(22)21-8-3-6-20-7-9-21/h1-2,4-5,12-13,20H,3,6-10H2. The molecule has 1 saturated carbocycles. The third-order valence-electron chi connectivity index (χ3n) is 4.30. The number of benzene rings is 1. The van der Waals surface area contributed by atoms with Crippen molar-refractivity contribution >= 4 is 5.91 Å². The quantitative estimate of drug-likeness (QED) is 0.927. The summed E-state index contributed by atoms with van der Waals surface area (Å²) in [6, 6.07) is 6.10. The first kappa shape index (κ1) is 16.1. The highest BCUT2D eigenvalue weighted by Crippen LogP contribution is 2.51. The van der Waals surface area contributed by atoms with Gasteiger partial charge in [-0.3, -0.25) is 4.79 Å². The normalized spacial score (nSPS) is 24.9. The van der Waals surface area contributed by atoms with E-state index >= 15 is 0 Å². The maximum atomic E-state index is 12.5. The van der Waals surface area contributed by atoms with Crippen LogP contribution in [-0.4, -0.2) is 43.3 Å². The van der Waals surface area contributed by atoms with Crippen LogP contribution in [0.1, 0.15) is 24.3 Å². The van der Waals surface area contributed by atoms with Crippen LogP contribution in [0.5, 0.6) is 5.75 Å². The largest absolute Gasteiger partial charge is 0.573 e. The molecule has 1 aromatic rings. The molecule has 0 bridgehead atoms. The van der Waals surface area contributed by atoms with E-state index in [9.17, 15) is 18.0 Å². The number of hydrogen-bond acceptors (Lipinski definition) is 3. The van der Waals surface area contributed by atoms with Crippen LogP contribution in [0.25, 0.3) is 0 Å². The molecule has 1 heterocycles. The van der Waals surface area contributed by atoms with Crippen molar-refractivity contribution < 1.29 is 22.7 Å². The highest BCUT2D eigenvalue weighted by molar-refractivity contribution is 5.83. The summed E-state index contributed by atoms with van der Waals surface area (Å²) in [6.45, 7) is 3.01. The lowest BCUT2D eigenvalue weighted by atomic mass is 10.1. The Morgan fingerprint density at radius 3 is 2.78 bits per heavy atom. The minimum absolute atomic E-state index is 0.0421. The molecule has 2 atom stereocenters. The number of carbonyl (C=O) groups excluding carboxylic acids is 1. The summed E-state index contributed by atoms with van der Waals surface area (Å²) in [5.41, 5.74) is 0.469. The van der Waals surface area contributed by atoms with E-state index in [1.807, 2.05) is 4.90 Å². The zero-order chi connectivity index (χ0) is 16.4. The summed E-state index contributed by atoms with van der Waals surface area (Å²) >= 11 is 0. The van der Waals surface area contributed by atoms with Gasteiger partial charge in [0, 0.05) is 25.6 Å². The summed E-state index contributed by atoms with van der Waals surface area (Å²) in [5, 5.41) is 3.23. The van der Waals surface area contributed by atoms with Gasteiger partial charge in [0.15, 0.2) is 0 Å². The number of nitrogens with one attached hydrogen (secondary N) is 1. The van der Waals surface area contributed by atoms with Crippen LogP contribution in [0.4, 0.5) is 13.2 Å². The molecule has 1 aromatic carbocycles. The van der Waals surface area contributed by atoms with Gasteiger partial charge in [0.25, 0.3) is 0 Å². The van der Waals surface area contributed by atoms with Gasteiger partial charge in [-0.05, 0) is 36.9 Å². The molecule has 126 valence electrons. The first-order chi connectivity index (χ1) is 11.0. The number of alkyl halides is 3. The Bertz CT molecular complexity index is 569. The Kier molecular flexibility index (Phi) is 4.48. The Morgan fingerprint density at radius 1 is 1.22 bits per heavy atom. The van der Waals surface area contributed by atoms with E-state index in [2.05, 4.69) is 10.1 Å². The summed E-state index contributed by atoms with van der Waals surface area (Å²) in [7, 11) is 0. The van der Waals surface area contributed by atoms with Gasteiger partial charge in [-0.2, -0.15) is 0 Å². The second kappa shape index (κ2) is 6.39. The second-order valence-electron chi connectivity index (χ2n) is 5.96. The Balaban J connectivity index is 1.69. The Hall–Kier alpha value is -1.76. The average Bonchev–Trinajstić information content (AvgIpc) is 3.29. The number of para-hydroxylation sites is 1. The predicted molar refractivity (Wildman–Crippen MR) is 78.0 cm³/mol. The third kappa shape index (κ3) is 3.96. The predicted octanol–water partition coefficient (Wildman–Crippen LogP) is 2.51. The van der Waals surface area contributed by atoms with Crippen LogP contribution in [0, 0.1) is 5.92 Å². The molecular weight excluding hydrogens is 309 g/mol. The van der Waals surface area contributed by atoms with Gasteiger partial charge in [0.1, 0.15) is 5.75 Å². The molecule has 2 fully saturated rings. The number of halogens is 3. The van der Waals surface area contributed by atoms with Crippen molar-refractivity contribution in [2.45, 2.75) is 25.1 Å².